The van der Waals surface area contributed by atoms with Gasteiger partial charge in [0.25, 0.3) is 0 Å². The van der Waals surface area contributed by atoms with Crippen molar-refractivity contribution in [2.45, 2.75) is 43.0 Å². The number of aryl methyl sites for hydroxylation is 1. The molecule has 0 fully saturated rings. The third kappa shape index (κ3) is 5.05. The van der Waals surface area contributed by atoms with E-state index in [1.165, 1.54) is 11.1 Å². The molecule has 1 aliphatic carbocycles. The van der Waals surface area contributed by atoms with Gasteiger partial charge in [0.05, 0.1) is 30.3 Å². The highest BCUT2D eigenvalue weighted by Gasteiger charge is 2.27. The number of hydrogen-bond acceptors (Lipinski definition) is 6. The van der Waals surface area contributed by atoms with Crippen LogP contribution in [0.4, 0.5) is 0 Å². The Morgan fingerprint density at radius 3 is 2.59 bits per heavy atom. The number of hydrogen-bond donors (Lipinski definition) is 0. The standard InChI is InChI=1S/C23H23Cl2N3O3S/c1-3-31-23(29)21-22(28(27-26-21)13-14-4-7-17(30-2)8-5-14)32-18-9-6-15-11-19(24)20(25)12-16(15)10-18/h4-5,7-8,11-12,18H,3,6,9-10,13H2,1-2H3. The molecule has 1 unspecified atom stereocenters. The summed E-state index contributed by atoms with van der Waals surface area (Å²) in [7, 11) is 1.64. The normalized spacial score (nSPS) is 15.3. The number of fused-ring (bicyclic) bond motifs is 1. The van der Waals surface area contributed by atoms with E-state index in [2.05, 4.69) is 10.3 Å². The molecule has 1 aromatic heterocycles. The fourth-order valence-electron chi connectivity index (χ4n) is 3.73. The quantitative estimate of drug-likeness (QED) is 0.408. The second-order valence-electron chi connectivity index (χ2n) is 7.49. The summed E-state index contributed by atoms with van der Waals surface area (Å²) < 4.78 is 12.2. The topological polar surface area (TPSA) is 66.2 Å². The van der Waals surface area contributed by atoms with Crippen LogP contribution in [-0.2, 0) is 24.1 Å². The van der Waals surface area contributed by atoms with Crippen LogP contribution in [-0.4, -0.2) is 39.9 Å². The van der Waals surface area contributed by atoms with Crippen molar-refractivity contribution in [1.82, 2.24) is 15.0 Å². The third-order valence-corrected chi connectivity index (χ3v) is 7.44. The van der Waals surface area contributed by atoms with Gasteiger partial charge in [0.2, 0.25) is 5.69 Å². The number of ether oxygens (including phenoxy) is 2. The molecule has 0 bridgehead atoms. The average molecular weight is 492 g/mol. The van der Waals surface area contributed by atoms with E-state index >= 15 is 0 Å². The number of esters is 1. The van der Waals surface area contributed by atoms with Gasteiger partial charge in [-0.1, -0.05) is 40.5 Å². The van der Waals surface area contributed by atoms with Crippen molar-refractivity contribution < 1.29 is 14.3 Å². The molecule has 4 rings (SSSR count). The summed E-state index contributed by atoms with van der Waals surface area (Å²) in [6, 6.07) is 11.7. The van der Waals surface area contributed by atoms with E-state index in [-0.39, 0.29) is 17.6 Å². The van der Waals surface area contributed by atoms with Crippen LogP contribution in [0.5, 0.6) is 5.75 Å². The molecule has 0 aliphatic heterocycles. The zero-order valence-electron chi connectivity index (χ0n) is 17.8. The van der Waals surface area contributed by atoms with Gasteiger partial charge in [-0.15, -0.1) is 16.9 Å². The van der Waals surface area contributed by atoms with Gasteiger partial charge in [0.1, 0.15) is 10.8 Å². The number of carbonyl (C=O) groups excluding carboxylic acids is 1. The Morgan fingerprint density at radius 2 is 1.91 bits per heavy atom. The van der Waals surface area contributed by atoms with Gasteiger partial charge in [-0.2, -0.15) is 0 Å². The van der Waals surface area contributed by atoms with Gasteiger partial charge >= 0.3 is 5.97 Å². The van der Waals surface area contributed by atoms with E-state index in [4.69, 9.17) is 32.7 Å². The zero-order chi connectivity index (χ0) is 22.7. The molecular weight excluding hydrogens is 469 g/mol. The lowest BCUT2D eigenvalue weighted by Crippen LogP contribution is -2.18. The molecule has 0 N–H and O–H groups in total. The number of rotatable bonds is 7. The number of benzene rings is 2. The SMILES string of the molecule is CCOC(=O)c1nnn(Cc2ccc(OC)cc2)c1SC1CCc2cc(Cl)c(Cl)cc2C1. The minimum Gasteiger partial charge on any atom is -0.497 e. The molecule has 6 nitrogen and oxygen atoms in total. The van der Waals surface area contributed by atoms with E-state index in [9.17, 15) is 4.79 Å². The molecule has 3 aromatic rings. The van der Waals surface area contributed by atoms with Crippen molar-refractivity contribution >= 4 is 40.9 Å². The van der Waals surface area contributed by atoms with Crippen molar-refractivity contribution in [3.8, 4) is 5.75 Å². The first-order chi connectivity index (χ1) is 15.5. The Kier molecular flexibility index (Phi) is 7.28. The molecule has 1 aliphatic rings. The van der Waals surface area contributed by atoms with Gasteiger partial charge in [-0.25, -0.2) is 9.48 Å². The Balaban J connectivity index is 1.59. The molecule has 32 heavy (non-hydrogen) atoms. The molecule has 0 saturated heterocycles. The van der Waals surface area contributed by atoms with Gasteiger partial charge in [-0.3, -0.25) is 0 Å². The minimum absolute atomic E-state index is 0.251. The van der Waals surface area contributed by atoms with Crippen LogP contribution in [0, 0.1) is 0 Å². The lowest BCUT2D eigenvalue weighted by Gasteiger charge is -2.25. The summed E-state index contributed by atoms with van der Waals surface area (Å²) in [4.78, 5) is 12.5. The van der Waals surface area contributed by atoms with Crippen molar-refractivity contribution in [3.05, 3.63) is 68.8 Å². The van der Waals surface area contributed by atoms with Crippen molar-refractivity contribution in [1.29, 1.82) is 0 Å². The lowest BCUT2D eigenvalue weighted by molar-refractivity contribution is 0.0515. The van der Waals surface area contributed by atoms with Crippen molar-refractivity contribution in [3.63, 3.8) is 0 Å². The number of halogens is 2. The number of thioether (sulfide) groups is 1. The Bertz CT molecular complexity index is 1120. The predicted octanol–water partition coefficient (Wildman–Crippen LogP) is 5.47. The first kappa shape index (κ1) is 23.0. The van der Waals surface area contributed by atoms with Gasteiger partial charge in [-0.05, 0) is 67.1 Å². The first-order valence-corrected chi connectivity index (χ1v) is 12.0. The number of methoxy groups -OCH3 is 1. The van der Waals surface area contributed by atoms with Crippen LogP contribution in [0.1, 0.15) is 40.5 Å². The summed E-state index contributed by atoms with van der Waals surface area (Å²) in [5, 5.41) is 10.5. The highest BCUT2D eigenvalue weighted by Crippen LogP contribution is 2.37. The zero-order valence-corrected chi connectivity index (χ0v) is 20.1. The maximum absolute atomic E-state index is 12.5. The minimum atomic E-state index is -0.456. The molecule has 2 aromatic carbocycles. The fraction of sp³-hybridized carbons (Fsp3) is 0.348. The van der Waals surface area contributed by atoms with Crippen LogP contribution in [0.2, 0.25) is 10.0 Å². The van der Waals surface area contributed by atoms with Crippen molar-refractivity contribution in [2.24, 2.45) is 0 Å². The van der Waals surface area contributed by atoms with E-state index in [0.717, 1.165) is 30.6 Å². The second kappa shape index (κ2) is 10.1. The summed E-state index contributed by atoms with van der Waals surface area (Å²) >= 11 is 14.0. The summed E-state index contributed by atoms with van der Waals surface area (Å²) in [5.74, 6) is 0.329. The van der Waals surface area contributed by atoms with E-state index in [1.54, 1.807) is 30.5 Å². The number of carbonyl (C=O) groups is 1. The molecule has 0 radical (unpaired) electrons. The molecule has 1 heterocycles. The highest BCUT2D eigenvalue weighted by atomic mass is 35.5. The summed E-state index contributed by atoms with van der Waals surface area (Å²) in [6.45, 7) is 2.55. The molecular formula is C23H23Cl2N3O3S. The molecule has 0 saturated carbocycles. The molecule has 0 spiro atoms. The monoisotopic (exact) mass is 491 g/mol. The fourth-order valence-corrected chi connectivity index (χ4v) is 5.38. The first-order valence-electron chi connectivity index (χ1n) is 10.4. The van der Waals surface area contributed by atoms with Gasteiger partial charge < -0.3 is 9.47 Å². The van der Waals surface area contributed by atoms with E-state index < -0.39 is 5.97 Å². The smallest absolute Gasteiger partial charge is 0.361 e. The van der Waals surface area contributed by atoms with E-state index in [1.807, 2.05) is 36.4 Å². The van der Waals surface area contributed by atoms with Crippen molar-refractivity contribution in [2.75, 3.05) is 13.7 Å². The number of nitrogens with zero attached hydrogens (tertiary/aromatic N) is 3. The Labute approximate surface area is 201 Å². The number of aromatic nitrogens is 3. The van der Waals surface area contributed by atoms with Crippen LogP contribution >= 0.6 is 35.0 Å². The molecule has 168 valence electrons. The molecule has 1 atom stereocenters. The third-order valence-electron chi connectivity index (χ3n) is 5.35. The molecule has 9 heteroatoms. The average Bonchev–Trinajstić information content (AvgIpc) is 3.17. The van der Waals surface area contributed by atoms with Gasteiger partial charge in [0, 0.05) is 5.25 Å². The highest BCUT2D eigenvalue weighted by molar-refractivity contribution is 8.00. The van der Waals surface area contributed by atoms with Crippen LogP contribution < -0.4 is 4.74 Å². The van der Waals surface area contributed by atoms with Crippen LogP contribution in [0.15, 0.2) is 41.4 Å². The Morgan fingerprint density at radius 1 is 1.19 bits per heavy atom. The van der Waals surface area contributed by atoms with Crippen LogP contribution in [0.3, 0.4) is 0 Å². The maximum atomic E-state index is 12.5. The lowest BCUT2D eigenvalue weighted by atomic mass is 9.91. The largest absolute Gasteiger partial charge is 0.497 e. The second-order valence-corrected chi connectivity index (χ2v) is 9.59. The van der Waals surface area contributed by atoms with Crippen LogP contribution in [0.25, 0.3) is 0 Å². The summed E-state index contributed by atoms with van der Waals surface area (Å²) in [6.07, 6.45) is 2.68. The predicted molar refractivity (Wildman–Crippen MR) is 126 cm³/mol. The van der Waals surface area contributed by atoms with Gasteiger partial charge in [0.15, 0.2) is 0 Å². The summed E-state index contributed by atoms with van der Waals surface area (Å²) in [5.41, 5.74) is 3.70. The maximum Gasteiger partial charge on any atom is 0.361 e. The molecule has 0 amide bonds. The van der Waals surface area contributed by atoms with E-state index in [0.29, 0.717) is 21.6 Å². The Hall–Kier alpha value is -2.22.